The summed E-state index contributed by atoms with van der Waals surface area (Å²) < 4.78 is 28.8. The number of benzene rings is 2. The maximum atomic E-state index is 13.8. The Balaban J connectivity index is 1.70. The zero-order valence-corrected chi connectivity index (χ0v) is 14.0. The Kier molecular flexibility index (Phi) is 5.68. The third-order valence-electron chi connectivity index (χ3n) is 4.03. The molecule has 0 bridgehead atoms. The second-order valence-corrected chi connectivity index (χ2v) is 5.87. The molecule has 1 N–H and O–H groups in total. The van der Waals surface area contributed by atoms with Gasteiger partial charge >= 0.3 is 0 Å². The van der Waals surface area contributed by atoms with Gasteiger partial charge in [-0.3, -0.25) is 9.48 Å². The molecule has 3 rings (SSSR count). The molecule has 0 radical (unpaired) electrons. The lowest BCUT2D eigenvalue weighted by molar-refractivity contribution is -0.121. The first-order valence-corrected chi connectivity index (χ1v) is 8.23. The Hall–Kier alpha value is -3.09. The van der Waals surface area contributed by atoms with Gasteiger partial charge in [0.05, 0.1) is 12.5 Å². The van der Waals surface area contributed by atoms with E-state index in [1.165, 1.54) is 18.5 Å². The van der Waals surface area contributed by atoms with Gasteiger partial charge in [0.25, 0.3) is 0 Å². The fraction of sp³-hybridized carbons (Fsp3) is 0.211. The van der Waals surface area contributed by atoms with E-state index in [-0.39, 0.29) is 23.9 Å². The first kappa shape index (κ1) is 17.7. The maximum absolute atomic E-state index is 13.8. The number of carbonyl (C=O) groups is 1. The molecule has 0 unspecified atom stereocenters. The Morgan fingerprint density at radius 3 is 2.65 bits per heavy atom. The number of nitrogens with one attached hydrogen (secondary N) is 1. The van der Waals surface area contributed by atoms with Crippen LogP contribution in [-0.4, -0.2) is 20.7 Å². The van der Waals surface area contributed by atoms with Crippen LogP contribution in [0.1, 0.15) is 23.6 Å². The van der Waals surface area contributed by atoms with E-state index >= 15 is 0 Å². The maximum Gasteiger partial charge on any atom is 0.225 e. The monoisotopic (exact) mass is 356 g/mol. The van der Waals surface area contributed by atoms with Crippen LogP contribution in [0.4, 0.5) is 8.78 Å². The average molecular weight is 356 g/mol. The van der Waals surface area contributed by atoms with Crippen LogP contribution in [0.2, 0.25) is 0 Å². The van der Waals surface area contributed by atoms with Crippen molar-refractivity contribution in [3.05, 3.63) is 83.9 Å². The number of aromatic nitrogens is 3. The minimum Gasteiger partial charge on any atom is -0.349 e. The largest absolute Gasteiger partial charge is 0.349 e. The lowest BCUT2D eigenvalue weighted by atomic mass is 10.0. The first-order valence-electron chi connectivity index (χ1n) is 8.23. The summed E-state index contributed by atoms with van der Waals surface area (Å²) in [6.07, 6.45) is 3.41. The van der Waals surface area contributed by atoms with E-state index in [0.717, 1.165) is 11.6 Å². The standard InChI is InChI=1S/C19H18F2N4O/c20-16-8-4-7-15(19(16)21)11-18(26)24-17(14-5-2-1-3-6-14)9-10-25-13-22-12-23-25/h1-8,12-13,17H,9-11H2,(H,24,26)/t17-/m0/s1. The molecule has 1 amide bonds. The summed E-state index contributed by atoms with van der Waals surface area (Å²) in [6, 6.07) is 13.0. The zero-order valence-electron chi connectivity index (χ0n) is 14.0. The quantitative estimate of drug-likeness (QED) is 0.708. The van der Waals surface area contributed by atoms with Crippen molar-refractivity contribution in [3.63, 3.8) is 0 Å². The van der Waals surface area contributed by atoms with Crippen LogP contribution in [-0.2, 0) is 17.8 Å². The van der Waals surface area contributed by atoms with Gasteiger partial charge in [-0.05, 0) is 18.1 Å². The molecule has 5 nitrogen and oxygen atoms in total. The molecular formula is C19H18F2N4O. The average Bonchev–Trinajstić information content (AvgIpc) is 3.17. The van der Waals surface area contributed by atoms with Crippen LogP contribution in [0.15, 0.2) is 61.2 Å². The molecule has 0 aliphatic carbocycles. The van der Waals surface area contributed by atoms with Crippen molar-refractivity contribution in [3.8, 4) is 0 Å². The fourth-order valence-electron chi connectivity index (χ4n) is 2.72. The lowest BCUT2D eigenvalue weighted by Gasteiger charge is -2.19. The molecular weight excluding hydrogens is 338 g/mol. The molecule has 134 valence electrons. The van der Waals surface area contributed by atoms with Gasteiger partial charge in [0.2, 0.25) is 5.91 Å². The molecule has 2 aromatic carbocycles. The van der Waals surface area contributed by atoms with Gasteiger partial charge in [0.1, 0.15) is 12.7 Å². The smallest absolute Gasteiger partial charge is 0.225 e. The van der Waals surface area contributed by atoms with Crippen molar-refractivity contribution in [1.29, 1.82) is 0 Å². The van der Waals surface area contributed by atoms with E-state index in [4.69, 9.17) is 0 Å². The van der Waals surface area contributed by atoms with Gasteiger partial charge in [0, 0.05) is 12.1 Å². The molecule has 0 aliphatic rings. The Bertz CT molecular complexity index is 853. The summed E-state index contributed by atoms with van der Waals surface area (Å²) in [5.74, 6) is -2.32. The van der Waals surface area contributed by atoms with Gasteiger partial charge in [-0.15, -0.1) is 0 Å². The molecule has 0 fully saturated rings. The highest BCUT2D eigenvalue weighted by Gasteiger charge is 2.17. The van der Waals surface area contributed by atoms with E-state index in [1.54, 1.807) is 11.0 Å². The number of nitrogens with zero attached hydrogens (tertiary/aromatic N) is 3. The number of rotatable bonds is 7. The van der Waals surface area contributed by atoms with Gasteiger partial charge in [0.15, 0.2) is 11.6 Å². The highest BCUT2D eigenvalue weighted by atomic mass is 19.2. The van der Waals surface area contributed by atoms with E-state index in [9.17, 15) is 13.6 Å². The van der Waals surface area contributed by atoms with Crippen LogP contribution in [0, 0.1) is 11.6 Å². The van der Waals surface area contributed by atoms with Gasteiger partial charge in [-0.2, -0.15) is 5.10 Å². The Labute approximate surface area is 149 Å². The molecule has 3 aromatic rings. The Morgan fingerprint density at radius 2 is 1.92 bits per heavy atom. The van der Waals surface area contributed by atoms with Crippen LogP contribution >= 0.6 is 0 Å². The van der Waals surface area contributed by atoms with Crippen LogP contribution in [0.3, 0.4) is 0 Å². The topological polar surface area (TPSA) is 59.8 Å². The zero-order chi connectivity index (χ0) is 18.4. The SMILES string of the molecule is O=C(Cc1cccc(F)c1F)N[C@@H](CCn1cncn1)c1ccccc1. The molecule has 1 heterocycles. The van der Waals surface area contributed by atoms with E-state index < -0.39 is 11.6 Å². The number of carbonyl (C=O) groups excluding carboxylic acids is 1. The Morgan fingerprint density at radius 1 is 1.12 bits per heavy atom. The predicted molar refractivity (Wildman–Crippen MR) is 92.0 cm³/mol. The molecule has 0 saturated heterocycles. The van der Waals surface area contributed by atoms with Crippen LogP contribution in [0.25, 0.3) is 0 Å². The van der Waals surface area contributed by atoms with Crippen molar-refractivity contribution in [2.24, 2.45) is 0 Å². The summed E-state index contributed by atoms with van der Waals surface area (Å²) in [5, 5.41) is 6.95. The van der Waals surface area contributed by atoms with Gasteiger partial charge < -0.3 is 5.32 Å². The van der Waals surface area contributed by atoms with Gasteiger partial charge in [-0.25, -0.2) is 13.8 Å². The minimum absolute atomic E-state index is 0.0330. The second-order valence-electron chi connectivity index (χ2n) is 5.87. The third kappa shape index (κ3) is 4.50. The molecule has 1 aromatic heterocycles. The van der Waals surface area contributed by atoms with E-state index in [0.29, 0.717) is 13.0 Å². The van der Waals surface area contributed by atoms with Crippen LogP contribution in [0.5, 0.6) is 0 Å². The van der Waals surface area contributed by atoms with E-state index in [2.05, 4.69) is 15.4 Å². The first-order chi connectivity index (χ1) is 12.6. The van der Waals surface area contributed by atoms with Crippen molar-refractivity contribution >= 4 is 5.91 Å². The number of aryl methyl sites for hydroxylation is 1. The summed E-state index contributed by atoms with van der Waals surface area (Å²) >= 11 is 0. The summed E-state index contributed by atoms with van der Waals surface area (Å²) in [7, 11) is 0. The van der Waals surface area contributed by atoms with Crippen molar-refractivity contribution in [1.82, 2.24) is 20.1 Å². The number of hydrogen-bond donors (Lipinski definition) is 1. The van der Waals surface area contributed by atoms with Crippen LogP contribution < -0.4 is 5.32 Å². The van der Waals surface area contributed by atoms with Gasteiger partial charge in [-0.1, -0.05) is 42.5 Å². The molecule has 26 heavy (non-hydrogen) atoms. The highest BCUT2D eigenvalue weighted by Crippen LogP contribution is 2.18. The number of hydrogen-bond acceptors (Lipinski definition) is 3. The fourth-order valence-corrected chi connectivity index (χ4v) is 2.72. The number of halogens is 2. The van der Waals surface area contributed by atoms with Crippen molar-refractivity contribution < 1.29 is 13.6 Å². The van der Waals surface area contributed by atoms with Crippen molar-refractivity contribution in [2.75, 3.05) is 0 Å². The number of amides is 1. The summed E-state index contributed by atoms with van der Waals surface area (Å²) in [6.45, 7) is 0.564. The molecule has 0 spiro atoms. The molecule has 0 saturated carbocycles. The highest BCUT2D eigenvalue weighted by molar-refractivity contribution is 5.79. The molecule has 1 atom stereocenters. The summed E-state index contributed by atoms with van der Waals surface area (Å²) in [5.41, 5.74) is 0.964. The summed E-state index contributed by atoms with van der Waals surface area (Å²) in [4.78, 5) is 16.3. The second kappa shape index (κ2) is 8.33. The normalized spacial score (nSPS) is 11.9. The molecule has 0 aliphatic heterocycles. The third-order valence-corrected chi connectivity index (χ3v) is 4.03. The predicted octanol–water partition coefficient (Wildman–Crippen LogP) is 3.05. The van der Waals surface area contributed by atoms with Crippen molar-refractivity contribution in [2.45, 2.75) is 25.4 Å². The lowest BCUT2D eigenvalue weighted by Crippen LogP contribution is -2.31. The molecule has 7 heteroatoms. The minimum atomic E-state index is -0.985. The van der Waals surface area contributed by atoms with E-state index in [1.807, 2.05) is 30.3 Å².